The van der Waals surface area contributed by atoms with Crippen molar-refractivity contribution in [3.8, 4) is 0 Å². The molecule has 1 aliphatic heterocycles. The first-order valence-corrected chi connectivity index (χ1v) is 11.9. The van der Waals surface area contributed by atoms with E-state index in [9.17, 15) is 9.90 Å². The number of nitrogen functional groups attached to an aromatic ring is 1. The lowest BCUT2D eigenvalue weighted by Crippen LogP contribution is -2.27. The maximum Gasteiger partial charge on any atom is 0.466 e. The van der Waals surface area contributed by atoms with Gasteiger partial charge in [0.15, 0.2) is 0 Å². The van der Waals surface area contributed by atoms with Gasteiger partial charge in [0, 0.05) is 12.6 Å². The predicted molar refractivity (Wildman–Crippen MR) is 97.3 cm³/mol. The number of anilines is 1. The number of phosphoric acid groups is 3. The summed E-state index contributed by atoms with van der Waals surface area (Å²) in [4.78, 5) is 79.7. The maximum absolute atomic E-state index is 11.5. The number of hydrogen-bond donors (Lipinski definition) is 12. The molecule has 0 saturated carbocycles. The maximum atomic E-state index is 11.5. The highest BCUT2D eigenvalue weighted by Gasteiger charge is 2.34. The Bertz CT molecular complexity index is 787. The summed E-state index contributed by atoms with van der Waals surface area (Å²) in [6, 6.07) is 1.48. The minimum absolute atomic E-state index is 0.138. The molecular formula is C9H22N3O16P3. The van der Waals surface area contributed by atoms with Crippen LogP contribution in [0.2, 0.25) is 0 Å². The molecule has 31 heavy (non-hydrogen) atoms. The molecule has 2 rings (SSSR count). The van der Waals surface area contributed by atoms with E-state index in [4.69, 9.17) is 73.3 Å². The standard InChI is InChI=1S/C9H13N3O4.3H3O4P/c10-7-1-2-12(9(15)11-7)8-3-5(14)6(4-13)16-8;3*1-5(2,3)4/h1-2,5-6,8,13-14H,3-4H2,(H2,10,11,15);3*(H3,1,2,3,4)/t5-,6+,8+;;;/m0.../s1. The van der Waals surface area contributed by atoms with Crippen molar-refractivity contribution in [1.82, 2.24) is 9.55 Å². The van der Waals surface area contributed by atoms with Gasteiger partial charge in [0.1, 0.15) is 18.1 Å². The van der Waals surface area contributed by atoms with Gasteiger partial charge < -0.3 is 64.7 Å². The van der Waals surface area contributed by atoms with Gasteiger partial charge in [-0.3, -0.25) is 4.57 Å². The van der Waals surface area contributed by atoms with Crippen LogP contribution in [0.25, 0.3) is 0 Å². The fraction of sp³-hybridized carbons (Fsp3) is 0.556. The van der Waals surface area contributed by atoms with Gasteiger partial charge in [0.25, 0.3) is 0 Å². The van der Waals surface area contributed by atoms with E-state index in [1.807, 2.05) is 0 Å². The van der Waals surface area contributed by atoms with Crippen LogP contribution in [0.15, 0.2) is 17.1 Å². The lowest BCUT2D eigenvalue weighted by Gasteiger charge is -2.13. The lowest BCUT2D eigenvalue weighted by atomic mass is 10.2. The third-order valence-corrected chi connectivity index (χ3v) is 2.55. The molecule has 3 atom stereocenters. The van der Waals surface area contributed by atoms with Crippen LogP contribution in [0, 0.1) is 0 Å². The van der Waals surface area contributed by atoms with E-state index < -0.39 is 47.6 Å². The number of nitrogens with two attached hydrogens (primary N) is 1. The molecule has 22 heteroatoms. The minimum atomic E-state index is -4.64. The van der Waals surface area contributed by atoms with E-state index in [-0.39, 0.29) is 18.8 Å². The van der Waals surface area contributed by atoms with Crippen LogP contribution in [-0.4, -0.2) is 82.6 Å². The largest absolute Gasteiger partial charge is 0.466 e. The first-order valence-electron chi connectivity index (χ1n) is 7.25. The number of aliphatic hydroxyl groups excluding tert-OH is 2. The van der Waals surface area contributed by atoms with Crippen LogP contribution in [-0.2, 0) is 18.4 Å². The molecule has 0 bridgehead atoms. The molecule has 1 fully saturated rings. The van der Waals surface area contributed by atoms with Crippen molar-refractivity contribution in [1.29, 1.82) is 0 Å². The van der Waals surface area contributed by atoms with E-state index in [1.165, 1.54) is 16.8 Å². The topological polar surface area (TPSA) is 344 Å². The number of nitrogens with zero attached hydrogens (tertiary/aromatic N) is 2. The number of hydrogen-bond acceptors (Lipinski definition) is 9. The van der Waals surface area contributed by atoms with Crippen LogP contribution < -0.4 is 11.4 Å². The Morgan fingerprint density at radius 3 is 1.68 bits per heavy atom. The van der Waals surface area contributed by atoms with Crippen molar-refractivity contribution >= 4 is 29.3 Å². The second-order valence-electron chi connectivity index (χ2n) is 5.20. The second kappa shape index (κ2) is 13.4. The zero-order chi connectivity index (χ0) is 25.2. The highest BCUT2D eigenvalue weighted by atomic mass is 31.2. The van der Waals surface area contributed by atoms with Crippen LogP contribution in [0.4, 0.5) is 5.82 Å². The summed E-state index contributed by atoms with van der Waals surface area (Å²) < 4.78 is 33.2. The number of ether oxygens (including phenoxy) is 1. The van der Waals surface area contributed by atoms with Gasteiger partial charge in [-0.05, 0) is 6.07 Å². The van der Waals surface area contributed by atoms with E-state index >= 15 is 0 Å². The molecular weight excluding hydrogens is 499 g/mol. The molecule has 1 saturated heterocycles. The smallest absolute Gasteiger partial charge is 0.394 e. The Morgan fingerprint density at radius 1 is 1.00 bits per heavy atom. The van der Waals surface area contributed by atoms with Gasteiger partial charge in [-0.2, -0.15) is 4.98 Å². The monoisotopic (exact) mass is 521 g/mol. The SMILES string of the molecule is Nc1ccn([C@H]2C[C@H](O)[C@@H](CO)O2)c(=O)n1.O=P(O)(O)O.O=P(O)(O)O.O=P(O)(O)O. The van der Waals surface area contributed by atoms with Crippen molar-refractivity contribution in [2.75, 3.05) is 12.3 Å². The van der Waals surface area contributed by atoms with Crippen molar-refractivity contribution in [3.05, 3.63) is 22.7 Å². The van der Waals surface area contributed by atoms with Gasteiger partial charge in [-0.15, -0.1) is 0 Å². The quantitative estimate of drug-likeness (QED) is 0.164. The van der Waals surface area contributed by atoms with E-state index in [0.29, 0.717) is 0 Å². The Hall–Kier alpha value is -1.11. The summed E-state index contributed by atoms with van der Waals surface area (Å²) in [5.74, 6) is 0.138. The summed E-state index contributed by atoms with van der Waals surface area (Å²) >= 11 is 0. The Kier molecular flexibility index (Phi) is 13.9. The highest BCUT2D eigenvalue weighted by molar-refractivity contribution is 7.45. The van der Waals surface area contributed by atoms with Crippen molar-refractivity contribution < 1.29 is 72.7 Å². The van der Waals surface area contributed by atoms with Crippen LogP contribution >= 0.6 is 23.5 Å². The third-order valence-electron chi connectivity index (χ3n) is 2.55. The van der Waals surface area contributed by atoms with Gasteiger partial charge in [0.2, 0.25) is 0 Å². The van der Waals surface area contributed by atoms with Crippen LogP contribution in [0.5, 0.6) is 0 Å². The van der Waals surface area contributed by atoms with E-state index in [2.05, 4.69) is 4.98 Å². The number of aromatic nitrogens is 2. The predicted octanol–water partition coefficient (Wildman–Crippen LogP) is -4.32. The van der Waals surface area contributed by atoms with E-state index in [1.54, 1.807) is 0 Å². The average Bonchev–Trinajstić information content (AvgIpc) is 2.82. The normalized spacial score (nSPS) is 20.9. The van der Waals surface area contributed by atoms with Gasteiger partial charge in [-0.1, -0.05) is 0 Å². The minimum Gasteiger partial charge on any atom is -0.394 e. The summed E-state index contributed by atoms with van der Waals surface area (Å²) in [5, 5.41) is 18.4. The molecule has 184 valence electrons. The van der Waals surface area contributed by atoms with Gasteiger partial charge in [0.05, 0.1) is 12.7 Å². The molecule has 13 N–H and O–H groups in total. The van der Waals surface area contributed by atoms with Crippen molar-refractivity contribution in [2.24, 2.45) is 0 Å². The first kappa shape index (κ1) is 32.1. The zero-order valence-corrected chi connectivity index (χ0v) is 17.8. The summed E-state index contributed by atoms with van der Waals surface area (Å²) in [6.07, 6.45) is -0.333. The first-order chi connectivity index (χ1) is 13.6. The van der Waals surface area contributed by atoms with Gasteiger partial charge >= 0.3 is 29.2 Å². The second-order valence-corrected chi connectivity index (χ2v) is 8.28. The Morgan fingerprint density at radius 2 is 1.39 bits per heavy atom. The number of rotatable bonds is 2. The fourth-order valence-electron chi connectivity index (χ4n) is 1.70. The van der Waals surface area contributed by atoms with Crippen LogP contribution in [0.1, 0.15) is 12.6 Å². The number of aliphatic hydroxyl groups is 2. The molecule has 0 unspecified atom stereocenters. The van der Waals surface area contributed by atoms with E-state index in [0.717, 1.165) is 0 Å². The molecule has 1 aromatic heterocycles. The average molecular weight is 521 g/mol. The third kappa shape index (κ3) is 23.4. The molecule has 2 heterocycles. The molecule has 0 radical (unpaired) electrons. The summed E-state index contributed by atoms with van der Waals surface area (Å²) in [7, 11) is -13.9. The van der Waals surface area contributed by atoms with Crippen molar-refractivity contribution in [3.63, 3.8) is 0 Å². The van der Waals surface area contributed by atoms with Crippen molar-refractivity contribution in [2.45, 2.75) is 24.9 Å². The fourth-order valence-corrected chi connectivity index (χ4v) is 1.70. The summed E-state index contributed by atoms with van der Waals surface area (Å²) in [6.45, 7) is -0.283. The Balaban J connectivity index is 0. The molecule has 1 aliphatic rings. The zero-order valence-electron chi connectivity index (χ0n) is 15.1. The Labute approximate surface area is 172 Å². The highest BCUT2D eigenvalue weighted by Crippen LogP contribution is 2.27. The lowest BCUT2D eigenvalue weighted by molar-refractivity contribution is -0.0458. The molecule has 0 aromatic carbocycles. The molecule has 1 aromatic rings. The molecule has 19 nitrogen and oxygen atoms in total. The van der Waals surface area contributed by atoms with Gasteiger partial charge in [-0.25, -0.2) is 18.5 Å². The molecule has 0 spiro atoms. The molecule has 0 amide bonds. The van der Waals surface area contributed by atoms with Crippen LogP contribution in [0.3, 0.4) is 0 Å². The molecule has 0 aliphatic carbocycles. The summed E-state index contributed by atoms with van der Waals surface area (Å²) in [5.41, 5.74) is 4.82.